The predicted octanol–water partition coefficient (Wildman–Crippen LogP) is 5.83. The molecular weight excluding hydrogens is 384 g/mol. The van der Waals surface area contributed by atoms with Crippen LogP contribution in [0.4, 0.5) is 5.69 Å². The first kappa shape index (κ1) is 19.2. The van der Waals surface area contributed by atoms with Crippen molar-refractivity contribution in [2.75, 3.05) is 11.9 Å². The van der Waals surface area contributed by atoms with Gasteiger partial charge in [0.2, 0.25) is 0 Å². The molecule has 1 aliphatic rings. The highest BCUT2D eigenvalue weighted by molar-refractivity contribution is 6.35. The molecule has 1 aromatic heterocycles. The molecule has 1 aliphatic heterocycles. The van der Waals surface area contributed by atoms with Crippen molar-refractivity contribution >= 4 is 34.1 Å². The van der Waals surface area contributed by atoms with E-state index in [2.05, 4.69) is 60.3 Å². The molecule has 31 heavy (non-hydrogen) atoms. The number of nitrogens with zero attached hydrogens (tertiary/aromatic N) is 1. The molecule has 0 unspecified atom stereocenters. The summed E-state index contributed by atoms with van der Waals surface area (Å²) in [6, 6.07) is 22.4. The number of aryl methyl sites for hydroxylation is 2. The Morgan fingerprint density at radius 1 is 1.00 bits per heavy atom. The molecule has 4 heteroatoms. The largest absolute Gasteiger partial charge is 0.491 e. The first-order valence-corrected chi connectivity index (χ1v) is 10.5. The molecule has 0 bridgehead atoms. The number of benzene rings is 3. The second kappa shape index (κ2) is 7.80. The minimum atomic E-state index is -0.0590. The maximum absolute atomic E-state index is 12.6. The van der Waals surface area contributed by atoms with Crippen molar-refractivity contribution in [3.63, 3.8) is 0 Å². The molecule has 0 fully saturated rings. The number of carbonyl (C=O) groups is 1. The van der Waals surface area contributed by atoms with Crippen LogP contribution in [0.1, 0.15) is 22.3 Å². The number of hydrogen-bond acceptors (Lipinski definition) is 2. The second-order valence-corrected chi connectivity index (χ2v) is 7.97. The smallest absolute Gasteiger partial charge is 0.256 e. The summed E-state index contributed by atoms with van der Waals surface area (Å²) in [7, 11) is 0. The number of fused-ring (bicyclic) bond motifs is 2. The fourth-order valence-corrected chi connectivity index (χ4v) is 4.13. The molecule has 1 N–H and O–H groups in total. The predicted molar refractivity (Wildman–Crippen MR) is 126 cm³/mol. The van der Waals surface area contributed by atoms with Gasteiger partial charge in [-0.3, -0.25) is 4.79 Å². The van der Waals surface area contributed by atoms with Crippen LogP contribution in [0.3, 0.4) is 0 Å². The van der Waals surface area contributed by atoms with Gasteiger partial charge in [0.1, 0.15) is 12.4 Å². The number of aromatic nitrogens is 1. The van der Waals surface area contributed by atoms with Crippen LogP contribution >= 0.6 is 0 Å². The van der Waals surface area contributed by atoms with Crippen LogP contribution in [-0.4, -0.2) is 17.1 Å². The van der Waals surface area contributed by atoms with Gasteiger partial charge in [0.25, 0.3) is 5.91 Å². The van der Waals surface area contributed by atoms with E-state index >= 15 is 0 Å². The Morgan fingerprint density at radius 2 is 1.81 bits per heavy atom. The third-order valence-electron chi connectivity index (χ3n) is 5.76. The van der Waals surface area contributed by atoms with Gasteiger partial charge in [0.15, 0.2) is 0 Å². The summed E-state index contributed by atoms with van der Waals surface area (Å²) in [6.07, 6.45) is 4.10. The Balaban J connectivity index is 1.45. The van der Waals surface area contributed by atoms with Crippen molar-refractivity contribution in [1.29, 1.82) is 0 Å². The Morgan fingerprint density at radius 3 is 2.71 bits per heavy atom. The fraction of sp³-hybridized carbons (Fsp3) is 0.148. The molecule has 0 radical (unpaired) electrons. The standard InChI is InChI=1S/C27H24N2O2/c1-18-11-12-19(2)26(15-18)31-14-13-29-17-20(21-7-4-6-10-25(21)29)16-23-22-8-3-5-9-24(22)28-27(23)30/h3-12,15-17H,13-14H2,1-2H3,(H,28,30). The van der Waals surface area contributed by atoms with E-state index in [-0.39, 0.29) is 5.91 Å². The van der Waals surface area contributed by atoms with E-state index in [1.165, 1.54) is 5.56 Å². The Labute approximate surface area is 181 Å². The third-order valence-corrected chi connectivity index (χ3v) is 5.76. The highest BCUT2D eigenvalue weighted by Crippen LogP contribution is 2.34. The Hall–Kier alpha value is -3.79. The lowest BCUT2D eigenvalue weighted by Gasteiger charge is -2.11. The number of rotatable bonds is 5. The number of anilines is 1. The van der Waals surface area contributed by atoms with E-state index in [1.807, 2.05) is 42.5 Å². The molecule has 0 saturated carbocycles. The van der Waals surface area contributed by atoms with E-state index in [1.54, 1.807) is 0 Å². The zero-order valence-electron chi connectivity index (χ0n) is 17.7. The quantitative estimate of drug-likeness (QED) is 0.422. The summed E-state index contributed by atoms with van der Waals surface area (Å²) in [5.74, 6) is 0.870. The monoisotopic (exact) mass is 408 g/mol. The topological polar surface area (TPSA) is 43.3 Å². The average Bonchev–Trinajstić information content (AvgIpc) is 3.28. The van der Waals surface area contributed by atoms with E-state index in [9.17, 15) is 4.79 Å². The van der Waals surface area contributed by atoms with E-state index < -0.39 is 0 Å². The van der Waals surface area contributed by atoms with Crippen LogP contribution in [-0.2, 0) is 11.3 Å². The van der Waals surface area contributed by atoms with E-state index in [4.69, 9.17) is 4.74 Å². The number of amides is 1. The van der Waals surface area contributed by atoms with Gasteiger partial charge in [0.05, 0.1) is 6.54 Å². The van der Waals surface area contributed by atoms with Crippen LogP contribution in [0.2, 0.25) is 0 Å². The van der Waals surface area contributed by atoms with Gasteiger partial charge in [-0.05, 0) is 49.2 Å². The first-order valence-electron chi connectivity index (χ1n) is 10.5. The highest BCUT2D eigenvalue weighted by Gasteiger charge is 2.23. The lowest BCUT2D eigenvalue weighted by atomic mass is 10.0. The van der Waals surface area contributed by atoms with Gasteiger partial charge >= 0.3 is 0 Å². The number of nitrogens with one attached hydrogen (secondary N) is 1. The van der Waals surface area contributed by atoms with Crippen molar-refractivity contribution in [2.45, 2.75) is 20.4 Å². The minimum Gasteiger partial charge on any atom is -0.491 e. The highest BCUT2D eigenvalue weighted by atomic mass is 16.5. The second-order valence-electron chi connectivity index (χ2n) is 7.97. The summed E-state index contributed by atoms with van der Waals surface area (Å²) >= 11 is 0. The van der Waals surface area contributed by atoms with Crippen molar-refractivity contribution in [3.05, 3.63) is 95.2 Å². The van der Waals surface area contributed by atoms with Crippen LogP contribution in [0, 0.1) is 13.8 Å². The normalized spacial score (nSPS) is 14.1. The van der Waals surface area contributed by atoms with Gasteiger partial charge in [0, 0.05) is 39.5 Å². The van der Waals surface area contributed by atoms with Crippen LogP contribution in [0.5, 0.6) is 5.75 Å². The summed E-state index contributed by atoms with van der Waals surface area (Å²) in [5.41, 5.74) is 7.00. The zero-order valence-corrected chi connectivity index (χ0v) is 17.7. The molecule has 154 valence electrons. The van der Waals surface area contributed by atoms with Gasteiger partial charge in [-0.25, -0.2) is 0 Å². The van der Waals surface area contributed by atoms with Crippen LogP contribution in [0.25, 0.3) is 22.6 Å². The van der Waals surface area contributed by atoms with Gasteiger partial charge in [-0.1, -0.05) is 48.5 Å². The van der Waals surface area contributed by atoms with Crippen molar-refractivity contribution in [1.82, 2.24) is 4.57 Å². The molecule has 0 saturated heterocycles. The summed E-state index contributed by atoms with van der Waals surface area (Å²) in [4.78, 5) is 12.6. The number of para-hydroxylation sites is 2. The van der Waals surface area contributed by atoms with E-state index in [0.29, 0.717) is 12.2 Å². The molecule has 1 amide bonds. The van der Waals surface area contributed by atoms with Crippen molar-refractivity contribution < 1.29 is 9.53 Å². The first-order chi connectivity index (χ1) is 15.1. The molecule has 2 heterocycles. The molecule has 0 aliphatic carbocycles. The maximum Gasteiger partial charge on any atom is 0.256 e. The fourth-order valence-electron chi connectivity index (χ4n) is 4.13. The summed E-state index contributed by atoms with van der Waals surface area (Å²) in [6.45, 7) is 5.43. The van der Waals surface area contributed by atoms with E-state index in [0.717, 1.165) is 45.6 Å². The van der Waals surface area contributed by atoms with Crippen LogP contribution in [0.15, 0.2) is 72.9 Å². The molecule has 0 atom stereocenters. The molecule has 0 spiro atoms. The molecule has 4 aromatic rings. The van der Waals surface area contributed by atoms with Crippen molar-refractivity contribution in [2.24, 2.45) is 0 Å². The molecule has 5 rings (SSSR count). The molecule has 3 aromatic carbocycles. The number of ether oxygens (including phenoxy) is 1. The van der Waals surface area contributed by atoms with Crippen LogP contribution < -0.4 is 10.1 Å². The summed E-state index contributed by atoms with van der Waals surface area (Å²) in [5, 5.41) is 4.07. The minimum absolute atomic E-state index is 0.0590. The van der Waals surface area contributed by atoms with Gasteiger partial charge in [-0.15, -0.1) is 0 Å². The molecule has 4 nitrogen and oxygen atoms in total. The maximum atomic E-state index is 12.6. The van der Waals surface area contributed by atoms with Crippen molar-refractivity contribution in [3.8, 4) is 5.75 Å². The Bertz CT molecular complexity index is 1330. The summed E-state index contributed by atoms with van der Waals surface area (Å²) < 4.78 is 8.28. The molecular formula is C27H24N2O2. The van der Waals surface area contributed by atoms with Gasteiger partial charge < -0.3 is 14.6 Å². The third kappa shape index (κ3) is 3.61. The average molecular weight is 409 g/mol. The Kier molecular flexibility index (Phi) is 4.83. The SMILES string of the molecule is Cc1ccc(C)c(OCCn2cc(C=C3C(=O)Nc4ccccc43)c3ccccc32)c1. The lowest BCUT2D eigenvalue weighted by Crippen LogP contribution is -2.08. The number of hydrogen-bond donors (Lipinski definition) is 1. The number of carbonyl (C=O) groups excluding carboxylic acids is 1. The van der Waals surface area contributed by atoms with Gasteiger partial charge in [-0.2, -0.15) is 0 Å². The lowest BCUT2D eigenvalue weighted by molar-refractivity contribution is -0.110. The zero-order chi connectivity index (χ0) is 21.4.